The molecule has 0 aliphatic carbocycles. The lowest BCUT2D eigenvalue weighted by atomic mass is 10.1. The number of amides is 1. The molecular weight excluding hydrogens is 242 g/mol. The van der Waals surface area contributed by atoms with Gasteiger partial charge in [-0.25, -0.2) is 0 Å². The van der Waals surface area contributed by atoms with Crippen molar-refractivity contribution in [3.8, 4) is 0 Å². The molecule has 4 N–H and O–H groups in total. The van der Waals surface area contributed by atoms with E-state index >= 15 is 0 Å². The molecule has 0 aromatic heterocycles. The first-order valence-electron chi connectivity index (χ1n) is 5.04. The molecule has 1 aromatic carbocycles. The Morgan fingerprint density at radius 3 is 2.82 bits per heavy atom. The molecule has 92 valence electrons. The number of carbonyl (C=O) groups excluding carboxylic acids is 1. The molecule has 5 nitrogen and oxygen atoms in total. The van der Waals surface area contributed by atoms with Gasteiger partial charge in [-0.2, -0.15) is 0 Å². The number of halogens is 1. The van der Waals surface area contributed by atoms with Crippen LogP contribution in [0.3, 0.4) is 0 Å². The predicted octanol–water partition coefficient (Wildman–Crippen LogP) is 1.51. The van der Waals surface area contributed by atoms with E-state index in [0.717, 1.165) is 5.56 Å². The van der Waals surface area contributed by atoms with Crippen LogP contribution >= 0.6 is 11.6 Å². The summed E-state index contributed by atoms with van der Waals surface area (Å²) < 4.78 is 0. The average molecular weight is 256 g/mol. The van der Waals surface area contributed by atoms with Gasteiger partial charge >= 0.3 is 0 Å². The number of benzene rings is 1. The molecule has 1 amide bonds. The zero-order valence-corrected chi connectivity index (χ0v) is 10.2. The van der Waals surface area contributed by atoms with E-state index in [9.17, 15) is 4.79 Å². The van der Waals surface area contributed by atoms with Crippen molar-refractivity contribution < 1.29 is 10.0 Å². The maximum Gasteiger partial charge on any atom is 0.251 e. The number of hydrogen-bond donors (Lipinski definition) is 3. The van der Waals surface area contributed by atoms with Crippen LogP contribution in [-0.2, 0) is 0 Å². The Bertz CT molecular complexity index is 426. The maximum atomic E-state index is 11.7. The molecule has 0 saturated carbocycles. The van der Waals surface area contributed by atoms with Crippen molar-refractivity contribution in [3.63, 3.8) is 0 Å². The van der Waals surface area contributed by atoms with E-state index in [1.807, 2.05) is 6.92 Å². The van der Waals surface area contributed by atoms with Crippen molar-refractivity contribution in [1.29, 1.82) is 0 Å². The first-order valence-corrected chi connectivity index (χ1v) is 5.42. The predicted molar refractivity (Wildman–Crippen MR) is 66.5 cm³/mol. The van der Waals surface area contributed by atoms with E-state index in [1.54, 1.807) is 18.2 Å². The number of amidine groups is 1. The molecule has 0 bridgehead atoms. The van der Waals surface area contributed by atoms with Crippen LogP contribution < -0.4 is 11.1 Å². The summed E-state index contributed by atoms with van der Waals surface area (Å²) in [5, 5.41) is 14.3. The highest BCUT2D eigenvalue weighted by molar-refractivity contribution is 6.31. The Morgan fingerprint density at radius 2 is 2.24 bits per heavy atom. The molecule has 0 unspecified atom stereocenters. The fourth-order valence-corrected chi connectivity index (χ4v) is 1.61. The standard InChI is InChI=1S/C11H14ClN3O2/c1-7-4-8(6-9(12)5-7)11(16)14-3-2-10(13)15-17/h4-6,17H,2-3H2,1H3,(H2,13,15)(H,14,16). The number of aryl methyl sites for hydroxylation is 1. The first kappa shape index (κ1) is 13.3. The van der Waals surface area contributed by atoms with Gasteiger partial charge in [0.05, 0.1) is 0 Å². The van der Waals surface area contributed by atoms with Crippen molar-refractivity contribution >= 4 is 23.3 Å². The highest BCUT2D eigenvalue weighted by Crippen LogP contribution is 2.14. The Morgan fingerprint density at radius 1 is 1.53 bits per heavy atom. The van der Waals surface area contributed by atoms with E-state index < -0.39 is 0 Å². The van der Waals surface area contributed by atoms with Gasteiger partial charge in [0.1, 0.15) is 5.84 Å². The molecule has 0 radical (unpaired) electrons. The van der Waals surface area contributed by atoms with Crippen molar-refractivity contribution in [3.05, 3.63) is 34.3 Å². The van der Waals surface area contributed by atoms with Gasteiger partial charge in [-0.3, -0.25) is 4.79 Å². The molecule has 0 spiro atoms. The van der Waals surface area contributed by atoms with Crippen LogP contribution in [0.5, 0.6) is 0 Å². The summed E-state index contributed by atoms with van der Waals surface area (Å²) in [4.78, 5) is 11.7. The van der Waals surface area contributed by atoms with Crippen molar-refractivity contribution in [2.45, 2.75) is 13.3 Å². The minimum absolute atomic E-state index is 0.0765. The van der Waals surface area contributed by atoms with Crippen molar-refractivity contribution in [2.75, 3.05) is 6.54 Å². The summed E-state index contributed by atoms with van der Waals surface area (Å²) in [7, 11) is 0. The highest BCUT2D eigenvalue weighted by atomic mass is 35.5. The topological polar surface area (TPSA) is 87.7 Å². The normalized spacial score (nSPS) is 11.3. The molecular formula is C11H14ClN3O2. The Hall–Kier alpha value is -1.75. The maximum absolute atomic E-state index is 11.7. The second-order valence-corrected chi connectivity index (χ2v) is 4.05. The van der Waals surface area contributed by atoms with Crippen LogP contribution in [0.25, 0.3) is 0 Å². The quantitative estimate of drug-likeness (QED) is 0.330. The summed E-state index contributed by atoms with van der Waals surface area (Å²) in [5.74, 6) is -0.158. The van der Waals surface area contributed by atoms with Crippen LogP contribution in [0, 0.1) is 6.92 Å². The fraction of sp³-hybridized carbons (Fsp3) is 0.273. The summed E-state index contributed by atoms with van der Waals surface area (Å²) in [6.45, 7) is 2.17. The Kier molecular flexibility index (Phi) is 4.78. The van der Waals surface area contributed by atoms with Gasteiger partial charge in [-0.05, 0) is 30.7 Å². The van der Waals surface area contributed by atoms with Crippen LogP contribution in [-0.4, -0.2) is 23.5 Å². The second kappa shape index (κ2) is 6.10. The monoisotopic (exact) mass is 255 g/mol. The number of nitrogens with one attached hydrogen (secondary N) is 1. The van der Waals surface area contributed by atoms with Gasteiger partial charge < -0.3 is 16.3 Å². The van der Waals surface area contributed by atoms with Crippen LogP contribution in [0.4, 0.5) is 0 Å². The Labute approximate surface area is 104 Å². The van der Waals surface area contributed by atoms with E-state index in [2.05, 4.69) is 10.5 Å². The van der Waals surface area contributed by atoms with Gasteiger partial charge in [-0.15, -0.1) is 0 Å². The third kappa shape index (κ3) is 4.32. The lowest BCUT2D eigenvalue weighted by Crippen LogP contribution is -2.28. The van der Waals surface area contributed by atoms with Gasteiger partial charge in [0.2, 0.25) is 0 Å². The van der Waals surface area contributed by atoms with E-state index in [4.69, 9.17) is 22.5 Å². The zero-order valence-electron chi connectivity index (χ0n) is 9.40. The molecule has 0 heterocycles. The smallest absolute Gasteiger partial charge is 0.251 e. The minimum atomic E-state index is -0.235. The van der Waals surface area contributed by atoms with Crippen LogP contribution in [0.1, 0.15) is 22.3 Å². The average Bonchev–Trinajstić information content (AvgIpc) is 2.27. The fourth-order valence-electron chi connectivity index (χ4n) is 1.32. The molecule has 0 aliphatic rings. The van der Waals surface area contributed by atoms with Crippen LogP contribution in [0.2, 0.25) is 5.02 Å². The van der Waals surface area contributed by atoms with Crippen molar-refractivity contribution in [2.24, 2.45) is 10.9 Å². The summed E-state index contributed by atoms with van der Waals surface area (Å²) >= 11 is 5.85. The minimum Gasteiger partial charge on any atom is -0.409 e. The number of nitrogens with two attached hydrogens (primary N) is 1. The van der Waals surface area contributed by atoms with E-state index in [0.29, 0.717) is 23.6 Å². The summed E-state index contributed by atoms with van der Waals surface area (Å²) in [6, 6.07) is 5.10. The van der Waals surface area contributed by atoms with Gasteiger partial charge in [0.25, 0.3) is 5.91 Å². The Balaban J connectivity index is 2.58. The summed E-state index contributed by atoms with van der Waals surface area (Å²) in [5.41, 5.74) is 6.68. The molecule has 6 heteroatoms. The molecule has 0 fully saturated rings. The molecule has 17 heavy (non-hydrogen) atoms. The van der Waals surface area contributed by atoms with Gasteiger partial charge in [-0.1, -0.05) is 16.8 Å². The lowest BCUT2D eigenvalue weighted by molar-refractivity contribution is 0.0954. The number of oxime groups is 1. The third-order valence-electron chi connectivity index (χ3n) is 2.10. The van der Waals surface area contributed by atoms with Crippen molar-refractivity contribution in [1.82, 2.24) is 5.32 Å². The van der Waals surface area contributed by atoms with E-state index in [1.165, 1.54) is 0 Å². The molecule has 1 rings (SSSR count). The summed E-state index contributed by atoms with van der Waals surface area (Å²) in [6.07, 6.45) is 0.293. The van der Waals surface area contributed by atoms with Gasteiger partial charge in [0, 0.05) is 23.6 Å². The molecule has 0 atom stereocenters. The first-order chi connectivity index (χ1) is 8.02. The zero-order chi connectivity index (χ0) is 12.8. The van der Waals surface area contributed by atoms with Gasteiger partial charge in [0.15, 0.2) is 0 Å². The number of rotatable bonds is 4. The van der Waals surface area contributed by atoms with Crippen LogP contribution in [0.15, 0.2) is 23.4 Å². The third-order valence-corrected chi connectivity index (χ3v) is 2.32. The number of carbonyl (C=O) groups is 1. The molecule has 1 aromatic rings. The number of nitrogens with zero attached hydrogens (tertiary/aromatic N) is 1. The second-order valence-electron chi connectivity index (χ2n) is 3.61. The highest BCUT2D eigenvalue weighted by Gasteiger charge is 2.06. The SMILES string of the molecule is Cc1cc(Cl)cc(C(=O)NCC/C(N)=N/O)c1. The molecule has 0 saturated heterocycles. The number of hydrogen-bond acceptors (Lipinski definition) is 3. The largest absolute Gasteiger partial charge is 0.409 e. The molecule has 0 aliphatic heterocycles. The van der Waals surface area contributed by atoms with E-state index in [-0.39, 0.29) is 11.7 Å². The lowest BCUT2D eigenvalue weighted by Gasteiger charge is -2.06.